The summed E-state index contributed by atoms with van der Waals surface area (Å²) in [5, 5.41) is 9.24. The summed E-state index contributed by atoms with van der Waals surface area (Å²) < 4.78 is 11.1. The fourth-order valence-corrected chi connectivity index (χ4v) is 2.60. The summed E-state index contributed by atoms with van der Waals surface area (Å²) in [6.07, 6.45) is 1.39. The summed E-state index contributed by atoms with van der Waals surface area (Å²) in [5.41, 5.74) is 0.770. The zero-order valence-electron chi connectivity index (χ0n) is 16.5. The normalized spacial score (nSPS) is 15.9. The van der Waals surface area contributed by atoms with Crippen molar-refractivity contribution in [3.63, 3.8) is 0 Å². The number of carbonyl (C=O) groups excluding carboxylic acids is 1. The number of nitrogens with zero attached hydrogens (tertiary/aromatic N) is 1. The number of ether oxygens (including phenoxy) is 2. The maximum atomic E-state index is 11.6. The average Bonchev–Trinajstić information content (AvgIpc) is 2.98. The van der Waals surface area contributed by atoms with Gasteiger partial charge in [0.25, 0.3) is 0 Å². The third-order valence-electron chi connectivity index (χ3n) is 3.75. The molecule has 2 rings (SSSR count). The van der Waals surface area contributed by atoms with E-state index < -0.39 is 11.7 Å². The highest BCUT2D eigenvalue weighted by Crippen LogP contribution is 2.27. The molecular weight excluding hydrogens is 459 g/mol. The third-order valence-corrected chi connectivity index (χ3v) is 3.75. The summed E-state index contributed by atoms with van der Waals surface area (Å²) in [4.78, 5) is 15.8. The number of halogens is 1. The minimum atomic E-state index is -0.476. The van der Waals surface area contributed by atoms with E-state index in [0.29, 0.717) is 19.6 Å². The summed E-state index contributed by atoms with van der Waals surface area (Å²) in [6.45, 7) is 7.45. The lowest BCUT2D eigenvalue weighted by molar-refractivity contribution is 0.0527. The predicted octanol–water partition coefficient (Wildman–Crippen LogP) is 2.69. The van der Waals surface area contributed by atoms with E-state index in [-0.39, 0.29) is 30.1 Å². The van der Waals surface area contributed by atoms with Gasteiger partial charge in [0.15, 0.2) is 5.96 Å². The van der Waals surface area contributed by atoms with Crippen molar-refractivity contribution in [3.8, 4) is 5.75 Å². The number of hydrogen-bond donors (Lipinski definition) is 3. The van der Waals surface area contributed by atoms with Crippen molar-refractivity contribution in [2.24, 2.45) is 4.99 Å². The Labute approximate surface area is 178 Å². The molecular formula is C19H31IN4O3. The molecule has 27 heavy (non-hydrogen) atoms. The van der Waals surface area contributed by atoms with Crippen LogP contribution in [0.2, 0.25) is 0 Å². The molecule has 0 spiro atoms. The number of fused-ring (bicyclic) bond motifs is 1. The van der Waals surface area contributed by atoms with E-state index in [1.54, 1.807) is 7.05 Å². The van der Waals surface area contributed by atoms with Crippen molar-refractivity contribution >= 4 is 36.0 Å². The first-order valence-electron chi connectivity index (χ1n) is 9.03. The number of hydrogen-bond acceptors (Lipinski definition) is 4. The fourth-order valence-electron chi connectivity index (χ4n) is 2.60. The molecule has 1 aromatic rings. The van der Waals surface area contributed by atoms with Crippen molar-refractivity contribution in [2.75, 3.05) is 26.7 Å². The number of nitrogens with one attached hydrogen (secondary N) is 3. The number of rotatable bonds is 6. The molecule has 1 amide bonds. The van der Waals surface area contributed by atoms with Crippen LogP contribution in [0.4, 0.5) is 4.79 Å². The van der Waals surface area contributed by atoms with Crippen LogP contribution >= 0.6 is 24.0 Å². The van der Waals surface area contributed by atoms with Gasteiger partial charge in [-0.1, -0.05) is 18.2 Å². The summed E-state index contributed by atoms with van der Waals surface area (Å²) >= 11 is 0. The van der Waals surface area contributed by atoms with Crippen LogP contribution in [0.15, 0.2) is 29.3 Å². The molecule has 3 N–H and O–H groups in total. The van der Waals surface area contributed by atoms with Crippen LogP contribution in [0.5, 0.6) is 5.75 Å². The fraction of sp³-hybridized carbons (Fsp3) is 0.579. The summed E-state index contributed by atoms with van der Waals surface area (Å²) in [5.74, 6) is 1.69. The van der Waals surface area contributed by atoms with Gasteiger partial charge < -0.3 is 25.4 Å². The van der Waals surface area contributed by atoms with Crippen LogP contribution in [0.3, 0.4) is 0 Å². The Morgan fingerprint density at radius 1 is 1.22 bits per heavy atom. The number of alkyl carbamates (subject to hydrolysis) is 1. The molecule has 1 heterocycles. The molecule has 1 aliphatic rings. The van der Waals surface area contributed by atoms with Crippen LogP contribution < -0.4 is 20.7 Å². The molecule has 1 aliphatic heterocycles. The maximum absolute atomic E-state index is 11.6. The zero-order valence-corrected chi connectivity index (χ0v) is 18.8. The van der Waals surface area contributed by atoms with Crippen LogP contribution in [-0.4, -0.2) is 50.4 Å². The van der Waals surface area contributed by atoms with Gasteiger partial charge >= 0.3 is 6.09 Å². The average molecular weight is 490 g/mol. The van der Waals surface area contributed by atoms with Gasteiger partial charge in [0.05, 0.1) is 6.54 Å². The van der Waals surface area contributed by atoms with Crippen LogP contribution in [0.25, 0.3) is 0 Å². The zero-order chi connectivity index (χ0) is 19.0. The first kappa shape index (κ1) is 23.3. The summed E-state index contributed by atoms with van der Waals surface area (Å²) in [7, 11) is 1.73. The largest absolute Gasteiger partial charge is 0.488 e. The Morgan fingerprint density at radius 3 is 2.59 bits per heavy atom. The van der Waals surface area contributed by atoms with Crippen molar-refractivity contribution in [1.82, 2.24) is 16.0 Å². The molecule has 0 aromatic heterocycles. The van der Waals surface area contributed by atoms with E-state index in [1.807, 2.05) is 39.0 Å². The summed E-state index contributed by atoms with van der Waals surface area (Å²) in [6, 6.07) is 8.12. The lowest BCUT2D eigenvalue weighted by Crippen LogP contribution is -2.43. The highest BCUT2D eigenvalue weighted by atomic mass is 127. The molecule has 1 atom stereocenters. The Hall–Kier alpha value is -1.71. The molecule has 0 saturated carbocycles. The second kappa shape index (κ2) is 11.2. The monoisotopic (exact) mass is 490 g/mol. The van der Waals surface area contributed by atoms with Crippen molar-refractivity contribution in [1.29, 1.82) is 0 Å². The number of aliphatic imine (C=N–C) groups is 1. The second-order valence-corrected chi connectivity index (χ2v) is 7.21. The molecule has 8 heteroatoms. The van der Waals surface area contributed by atoms with Gasteiger partial charge in [-0.2, -0.15) is 0 Å². The van der Waals surface area contributed by atoms with Gasteiger partial charge in [-0.15, -0.1) is 24.0 Å². The van der Waals surface area contributed by atoms with Crippen molar-refractivity contribution < 1.29 is 14.3 Å². The molecule has 1 aromatic carbocycles. The van der Waals surface area contributed by atoms with Gasteiger partial charge in [0.1, 0.15) is 17.5 Å². The first-order valence-corrected chi connectivity index (χ1v) is 9.03. The van der Waals surface area contributed by atoms with E-state index in [2.05, 4.69) is 27.0 Å². The smallest absolute Gasteiger partial charge is 0.407 e. The minimum Gasteiger partial charge on any atom is -0.488 e. The van der Waals surface area contributed by atoms with Crippen LogP contribution in [-0.2, 0) is 11.2 Å². The third kappa shape index (κ3) is 8.68. The van der Waals surface area contributed by atoms with Gasteiger partial charge in [0, 0.05) is 26.6 Å². The van der Waals surface area contributed by atoms with Gasteiger partial charge in [0.2, 0.25) is 0 Å². The van der Waals surface area contributed by atoms with E-state index in [1.165, 1.54) is 5.56 Å². The van der Waals surface area contributed by atoms with E-state index in [0.717, 1.165) is 24.6 Å². The molecule has 0 fully saturated rings. The Bertz CT molecular complexity index is 607. The lowest BCUT2D eigenvalue weighted by atomic mass is 10.1. The molecule has 7 nitrogen and oxygen atoms in total. The Morgan fingerprint density at radius 2 is 1.93 bits per heavy atom. The van der Waals surface area contributed by atoms with Crippen molar-refractivity contribution in [2.45, 2.75) is 45.3 Å². The molecule has 0 radical (unpaired) electrons. The predicted molar refractivity (Wildman–Crippen MR) is 118 cm³/mol. The van der Waals surface area contributed by atoms with Gasteiger partial charge in [-0.25, -0.2) is 4.79 Å². The highest BCUT2D eigenvalue weighted by molar-refractivity contribution is 14.0. The first-order chi connectivity index (χ1) is 12.4. The quantitative estimate of drug-likeness (QED) is 0.247. The Kier molecular flexibility index (Phi) is 9.68. The number of guanidine groups is 1. The van der Waals surface area contributed by atoms with Crippen molar-refractivity contribution in [3.05, 3.63) is 29.8 Å². The lowest BCUT2D eigenvalue weighted by Gasteiger charge is -2.19. The molecule has 152 valence electrons. The van der Waals surface area contributed by atoms with Crippen LogP contribution in [0.1, 0.15) is 32.8 Å². The Balaban J connectivity index is 0.00000364. The minimum absolute atomic E-state index is 0. The van der Waals surface area contributed by atoms with E-state index in [9.17, 15) is 4.79 Å². The highest BCUT2D eigenvalue weighted by Gasteiger charge is 2.22. The van der Waals surface area contributed by atoms with E-state index >= 15 is 0 Å². The number of benzene rings is 1. The molecule has 1 unspecified atom stereocenters. The van der Waals surface area contributed by atoms with E-state index in [4.69, 9.17) is 9.47 Å². The second-order valence-electron chi connectivity index (χ2n) is 7.21. The SMILES string of the molecule is CN=C(NCCCNC(=O)OC(C)(C)C)NCC1Cc2ccccc2O1.I. The topological polar surface area (TPSA) is 84.0 Å². The maximum Gasteiger partial charge on any atom is 0.407 e. The number of amides is 1. The van der Waals surface area contributed by atoms with Crippen LogP contribution in [0, 0.1) is 0 Å². The van der Waals surface area contributed by atoms with Gasteiger partial charge in [-0.05, 0) is 38.8 Å². The standard InChI is InChI=1S/C19H30N4O3.HI/c1-19(2,3)26-18(24)22-11-7-10-21-17(20-4)23-13-15-12-14-8-5-6-9-16(14)25-15;/h5-6,8-9,15H,7,10-13H2,1-4H3,(H,22,24)(H2,20,21,23);1H. The molecule has 0 aliphatic carbocycles. The molecule has 0 bridgehead atoms. The molecule has 0 saturated heterocycles. The van der Waals surface area contributed by atoms with Gasteiger partial charge in [-0.3, -0.25) is 4.99 Å². The number of carbonyl (C=O) groups is 1. The number of para-hydroxylation sites is 1.